The quantitative estimate of drug-likeness (QED) is 0.502. The summed E-state index contributed by atoms with van der Waals surface area (Å²) in [7, 11) is 0. The third-order valence-electron chi connectivity index (χ3n) is 4.31. The number of hydrogen-bond acceptors (Lipinski definition) is 6. The maximum atomic E-state index is 12.3. The van der Waals surface area contributed by atoms with Gasteiger partial charge in [0, 0.05) is 28.4 Å². The minimum absolute atomic E-state index is 0.0329. The highest BCUT2D eigenvalue weighted by Gasteiger charge is 2.32. The largest absolute Gasteiger partial charge is 0.378 e. The van der Waals surface area contributed by atoms with E-state index in [1.807, 2.05) is 24.3 Å². The molecule has 0 atom stereocenters. The minimum Gasteiger partial charge on any atom is -0.378 e. The molecule has 0 radical (unpaired) electrons. The fraction of sp³-hybridized carbons (Fsp3) is 0.471. The van der Waals surface area contributed by atoms with Crippen LogP contribution in [0.25, 0.3) is 0 Å². The number of aromatic nitrogens is 3. The Morgan fingerprint density at radius 1 is 1.23 bits per heavy atom. The summed E-state index contributed by atoms with van der Waals surface area (Å²) >= 11 is 3.69. The van der Waals surface area contributed by atoms with E-state index in [9.17, 15) is 4.79 Å². The number of nitrogens with zero attached hydrogens (tertiary/aromatic N) is 4. The van der Waals surface area contributed by atoms with Crippen molar-refractivity contribution in [3.05, 3.63) is 27.8 Å². The Morgan fingerprint density at radius 3 is 2.65 bits per heavy atom. The summed E-state index contributed by atoms with van der Waals surface area (Å²) in [5, 5.41) is 12.5. The lowest BCUT2D eigenvalue weighted by molar-refractivity contribution is -0.113. The SMILES string of the molecule is O=C(CSc1nnc(N2CCOCC2)n1C1CC1)Nc1ccc(I)cc1. The molecule has 2 heterocycles. The summed E-state index contributed by atoms with van der Waals surface area (Å²) in [6.45, 7) is 3.11. The van der Waals surface area contributed by atoms with Crippen LogP contribution in [0, 0.1) is 3.57 Å². The summed E-state index contributed by atoms with van der Waals surface area (Å²) in [5.74, 6) is 1.20. The molecule has 2 fully saturated rings. The van der Waals surface area contributed by atoms with E-state index >= 15 is 0 Å². The van der Waals surface area contributed by atoms with Crippen molar-refractivity contribution in [2.24, 2.45) is 0 Å². The Labute approximate surface area is 170 Å². The first kappa shape index (κ1) is 18.1. The predicted octanol–water partition coefficient (Wildman–Crippen LogP) is 2.79. The monoisotopic (exact) mass is 485 g/mol. The highest BCUT2D eigenvalue weighted by molar-refractivity contribution is 14.1. The van der Waals surface area contributed by atoms with E-state index in [-0.39, 0.29) is 5.91 Å². The molecule has 1 aromatic carbocycles. The lowest BCUT2D eigenvalue weighted by atomic mass is 10.3. The highest BCUT2D eigenvalue weighted by atomic mass is 127. The van der Waals surface area contributed by atoms with E-state index in [2.05, 4.69) is 47.6 Å². The van der Waals surface area contributed by atoms with Crippen LogP contribution in [0.3, 0.4) is 0 Å². The molecule has 7 nitrogen and oxygen atoms in total. The van der Waals surface area contributed by atoms with Crippen molar-refractivity contribution >= 4 is 51.9 Å². The van der Waals surface area contributed by atoms with Crippen molar-refractivity contribution < 1.29 is 9.53 Å². The third-order valence-corrected chi connectivity index (χ3v) is 5.98. The first-order chi connectivity index (χ1) is 12.7. The van der Waals surface area contributed by atoms with Crippen LogP contribution in [0.1, 0.15) is 18.9 Å². The van der Waals surface area contributed by atoms with Crippen LogP contribution in [0.4, 0.5) is 11.6 Å². The molecular formula is C17H20IN5O2S. The van der Waals surface area contributed by atoms with Crippen LogP contribution >= 0.6 is 34.4 Å². The van der Waals surface area contributed by atoms with Crippen LogP contribution in [0.15, 0.2) is 29.4 Å². The Kier molecular flexibility index (Phi) is 5.65. The van der Waals surface area contributed by atoms with Gasteiger partial charge in [-0.25, -0.2) is 0 Å². The number of carbonyl (C=O) groups excluding carboxylic acids is 1. The molecule has 1 saturated carbocycles. The molecule has 4 rings (SSSR count). The smallest absolute Gasteiger partial charge is 0.234 e. The lowest BCUT2D eigenvalue weighted by Gasteiger charge is -2.27. The Bertz CT molecular complexity index is 772. The van der Waals surface area contributed by atoms with E-state index in [0.717, 1.165) is 59.5 Å². The molecule has 1 aromatic heterocycles. The van der Waals surface area contributed by atoms with Crippen molar-refractivity contribution in [2.45, 2.75) is 24.0 Å². The van der Waals surface area contributed by atoms with Crippen molar-refractivity contribution in [2.75, 3.05) is 42.3 Å². The van der Waals surface area contributed by atoms with E-state index in [1.165, 1.54) is 11.8 Å². The van der Waals surface area contributed by atoms with Crippen molar-refractivity contribution in [1.82, 2.24) is 14.8 Å². The summed E-state index contributed by atoms with van der Waals surface area (Å²) in [4.78, 5) is 14.5. The highest BCUT2D eigenvalue weighted by Crippen LogP contribution is 2.41. The number of carbonyl (C=O) groups is 1. The van der Waals surface area contributed by atoms with Gasteiger partial charge in [0.1, 0.15) is 0 Å². The second kappa shape index (κ2) is 8.13. The summed E-state index contributed by atoms with van der Waals surface area (Å²) < 4.78 is 8.77. The van der Waals surface area contributed by atoms with Crippen molar-refractivity contribution in [1.29, 1.82) is 0 Å². The normalized spacial score (nSPS) is 17.3. The third kappa shape index (κ3) is 4.32. The predicted molar refractivity (Wildman–Crippen MR) is 110 cm³/mol. The molecule has 26 heavy (non-hydrogen) atoms. The maximum absolute atomic E-state index is 12.3. The number of amides is 1. The van der Waals surface area contributed by atoms with Gasteiger partial charge in [-0.1, -0.05) is 11.8 Å². The van der Waals surface area contributed by atoms with Gasteiger partial charge in [-0.2, -0.15) is 0 Å². The van der Waals surface area contributed by atoms with Gasteiger partial charge in [0.25, 0.3) is 0 Å². The van der Waals surface area contributed by atoms with Gasteiger partial charge >= 0.3 is 0 Å². The number of rotatable bonds is 6. The second-order valence-electron chi connectivity index (χ2n) is 6.33. The molecule has 2 aromatic rings. The molecule has 1 N–H and O–H groups in total. The fourth-order valence-corrected chi connectivity index (χ4v) is 4.02. The van der Waals surface area contributed by atoms with Gasteiger partial charge in [0.05, 0.1) is 19.0 Å². The first-order valence-electron chi connectivity index (χ1n) is 8.66. The zero-order valence-electron chi connectivity index (χ0n) is 14.2. The Hall–Kier alpha value is -1.33. The average molecular weight is 485 g/mol. The van der Waals surface area contributed by atoms with E-state index in [0.29, 0.717) is 11.8 Å². The van der Waals surface area contributed by atoms with E-state index in [1.54, 1.807) is 0 Å². The van der Waals surface area contributed by atoms with Crippen molar-refractivity contribution in [3.63, 3.8) is 0 Å². The summed E-state index contributed by atoms with van der Waals surface area (Å²) in [5.41, 5.74) is 0.814. The molecule has 0 unspecified atom stereocenters. The number of halogens is 1. The van der Waals surface area contributed by atoms with Crippen LogP contribution in [0.2, 0.25) is 0 Å². The van der Waals surface area contributed by atoms with Gasteiger partial charge < -0.3 is 15.0 Å². The molecule has 2 aliphatic rings. The van der Waals surface area contributed by atoms with Crippen LogP contribution in [-0.2, 0) is 9.53 Å². The Balaban J connectivity index is 1.40. The number of nitrogens with one attached hydrogen (secondary N) is 1. The van der Waals surface area contributed by atoms with Crippen LogP contribution in [-0.4, -0.2) is 52.7 Å². The topological polar surface area (TPSA) is 72.3 Å². The molecule has 1 aliphatic carbocycles. The summed E-state index contributed by atoms with van der Waals surface area (Å²) in [6, 6.07) is 8.23. The lowest BCUT2D eigenvalue weighted by Crippen LogP contribution is -2.38. The molecule has 9 heteroatoms. The zero-order valence-corrected chi connectivity index (χ0v) is 17.2. The average Bonchev–Trinajstić information content (AvgIpc) is 3.41. The molecule has 1 amide bonds. The van der Waals surface area contributed by atoms with Crippen LogP contribution < -0.4 is 10.2 Å². The van der Waals surface area contributed by atoms with Crippen molar-refractivity contribution in [3.8, 4) is 0 Å². The van der Waals surface area contributed by atoms with E-state index < -0.39 is 0 Å². The number of benzene rings is 1. The molecular weight excluding hydrogens is 465 g/mol. The molecule has 138 valence electrons. The number of anilines is 2. The van der Waals surface area contributed by atoms with Gasteiger partial charge in [0.2, 0.25) is 11.9 Å². The molecule has 1 saturated heterocycles. The number of thioether (sulfide) groups is 1. The first-order valence-corrected chi connectivity index (χ1v) is 10.7. The maximum Gasteiger partial charge on any atom is 0.234 e. The van der Waals surface area contributed by atoms with Gasteiger partial charge in [0.15, 0.2) is 5.16 Å². The standard InChI is InChI=1S/C17H20IN5O2S/c18-12-1-3-13(4-2-12)19-15(24)11-26-17-21-20-16(23(17)14-5-6-14)22-7-9-25-10-8-22/h1-4,14H,5-11H2,(H,19,24). The number of hydrogen-bond donors (Lipinski definition) is 1. The van der Waals surface area contributed by atoms with Gasteiger partial charge in [-0.05, 0) is 59.7 Å². The molecule has 0 bridgehead atoms. The molecule has 0 spiro atoms. The minimum atomic E-state index is -0.0329. The zero-order chi connectivity index (χ0) is 17.9. The summed E-state index contributed by atoms with van der Waals surface area (Å²) in [6.07, 6.45) is 2.30. The van der Waals surface area contributed by atoms with E-state index in [4.69, 9.17) is 4.74 Å². The Morgan fingerprint density at radius 2 is 1.96 bits per heavy atom. The van der Waals surface area contributed by atoms with Gasteiger partial charge in [-0.15, -0.1) is 10.2 Å². The molecule has 1 aliphatic heterocycles. The number of morpholine rings is 1. The number of ether oxygens (including phenoxy) is 1. The van der Waals surface area contributed by atoms with Crippen LogP contribution in [0.5, 0.6) is 0 Å². The van der Waals surface area contributed by atoms with Gasteiger partial charge in [-0.3, -0.25) is 9.36 Å². The fourth-order valence-electron chi connectivity index (χ4n) is 2.86. The second-order valence-corrected chi connectivity index (χ2v) is 8.52.